The van der Waals surface area contributed by atoms with Crippen LogP contribution in [-0.4, -0.2) is 12.0 Å². The second-order valence-corrected chi connectivity index (χ2v) is 3.97. The lowest BCUT2D eigenvalue weighted by Gasteiger charge is -1.99. The number of nitriles is 1. The van der Waals surface area contributed by atoms with E-state index in [0.717, 1.165) is 23.4 Å². The maximum absolute atomic E-state index is 10.4. The van der Waals surface area contributed by atoms with Crippen LogP contribution in [0.1, 0.15) is 23.2 Å². The van der Waals surface area contributed by atoms with Gasteiger partial charge in [0.15, 0.2) is 0 Å². The van der Waals surface area contributed by atoms with Crippen LogP contribution >= 0.6 is 11.8 Å². The minimum absolute atomic E-state index is 0.611. The van der Waals surface area contributed by atoms with Crippen molar-refractivity contribution in [3.63, 3.8) is 0 Å². The molecule has 0 heterocycles. The van der Waals surface area contributed by atoms with E-state index in [2.05, 4.69) is 6.07 Å². The number of benzene rings is 1. The summed E-state index contributed by atoms with van der Waals surface area (Å²) in [5, 5.41) is 8.33. The number of hydrogen-bond donors (Lipinski definition) is 0. The van der Waals surface area contributed by atoms with Gasteiger partial charge in [-0.3, -0.25) is 4.79 Å². The van der Waals surface area contributed by atoms with Crippen molar-refractivity contribution in [2.75, 3.05) is 5.75 Å². The molecule has 0 fully saturated rings. The van der Waals surface area contributed by atoms with Gasteiger partial charge in [-0.15, -0.1) is 11.8 Å². The van der Waals surface area contributed by atoms with Crippen LogP contribution in [0, 0.1) is 11.3 Å². The highest BCUT2D eigenvalue weighted by atomic mass is 32.2. The molecule has 0 saturated carbocycles. The van der Waals surface area contributed by atoms with E-state index in [1.165, 1.54) is 0 Å². The average Bonchev–Trinajstić information content (AvgIpc) is 2.25. The molecule has 0 saturated heterocycles. The fourth-order valence-corrected chi connectivity index (χ4v) is 1.84. The Kier molecular flexibility index (Phi) is 4.81. The quantitative estimate of drug-likeness (QED) is 0.421. The molecule has 0 N–H and O–H groups in total. The third-order valence-electron chi connectivity index (χ3n) is 1.72. The standard InChI is InChI=1S/C11H11NOS/c12-7-1-2-8-14-11-5-3-10(9-13)4-6-11/h3-6,9H,1-2,8H2. The second-order valence-electron chi connectivity index (χ2n) is 2.80. The molecule has 0 bridgehead atoms. The number of hydrogen-bond acceptors (Lipinski definition) is 3. The van der Waals surface area contributed by atoms with Gasteiger partial charge in [-0.2, -0.15) is 5.26 Å². The molecule has 0 aromatic heterocycles. The van der Waals surface area contributed by atoms with Crippen molar-refractivity contribution >= 4 is 18.0 Å². The average molecular weight is 205 g/mol. The van der Waals surface area contributed by atoms with Crippen LogP contribution in [0.25, 0.3) is 0 Å². The smallest absolute Gasteiger partial charge is 0.150 e. The van der Waals surface area contributed by atoms with Gasteiger partial charge >= 0.3 is 0 Å². The van der Waals surface area contributed by atoms with E-state index in [0.29, 0.717) is 12.0 Å². The lowest BCUT2D eigenvalue weighted by molar-refractivity contribution is 0.112. The molecule has 0 aliphatic rings. The molecule has 1 aromatic rings. The van der Waals surface area contributed by atoms with Crippen LogP contribution in [0.4, 0.5) is 0 Å². The maximum atomic E-state index is 10.4. The second kappa shape index (κ2) is 6.22. The molecule has 14 heavy (non-hydrogen) atoms. The molecule has 72 valence electrons. The molecule has 2 nitrogen and oxygen atoms in total. The van der Waals surface area contributed by atoms with E-state index in [4.69, 9.17) is 5.26 Å². The summed E-state index contributed by atoms with van der Waals surface area (Å²) in [6.07, 6.45) is 2.36. The zero-order valence-electron chi connectivity index (χ0n) is 7.77. The number of nitrogens with zero attached hydrogens (tertiary/aromatic N) is 1. The van der Waals surface area contributed by atoms with Crippen LogP contribution < -0.4 is 0 Å². The van der Waals surface area contributed by atoms with Crippen molar-refractivity contribution in [3.05, 3.63) is 29.8 Å². The fraction of sp³-hybridized carbons (Fsp3) is 0.273. The van der Waals surface area contributed by atoms with E-state index in [1.807, 2.05) is 12.1 Å². The summed E-state index contributed by atoms with van der Waals surface area (Å²) >= 11 is 1.71. The molecule has 3 heteroatoms. The third-order valence-corrected chi connectivity index (χ3v) is 2.82. The van der Waals surface area contributed by atoms with Crippen LogP contribution in [0.5, 0.6) is 0 Å². The minimum Gasteiger partial charge on any atom is -0.298 e. The van der Waals surface area contributed by atoms with Crippen molar-refractivity contribution in [3.8, 4) is 6.07 Å². The first kappa shape index (κ1) is 10.8. The maximum Gasteiger partial charge on any atom is 0.150 e. The number of thioether (sulfide) groups is 1. The highest BCUT2D eigenvalue weighted by molar-refractivity contribution is 7.99. The Labute approximate surface area is 87.9 Å². The first-order chi connectivity index (χ1) is 6.86. The fourth-order valence-electron chi connectivity index (χ4n) is 0.984. The summed E-state index contributed by atoms with van der Waals surface area (Å²) in [7, 11) is 0. The van der Waals surface area contributed by atoms with E-state index in [9.17, 15) is 4.79 Å². The van der Waals surface area contributed by atoms with E-state index in [-0.39, 0.29) is 0 Å². The molecule has 1 aromatic carbocycles. The Morgan fingerprint density at radius 3 is 2.64 bits per heavy atom. The molecule has 0 radical (unpaired) electrons. The van der Waals surface area contributed by atoms with Crippen molar-refractivity contribution in [1.29, 1.82) is 5.26 Å². The van der Waals surface area contributed by atoms with Crippen molar-refractivity contribution in [2.45, 2.75) is 17.7 Å². The Morgan fingerprint density at radius 2 is 2.07 bits per heavy atom. The number of aldehydes is 1. The van der Waals surface area contributed by atoms with Crippen LogP contribution in [0.15, 0.2) is 29.2 Å². The Hall–Kier alpha value is -1.27. The van der Waals surface area contributed by atoms with Gasteiger partial charge in [0.25, 0.3) is 0 Å². The largest absolute Gasteiger partial charge is 0.298 e. The number of unbranched alkanes of at least 4 members (excludes halogenated alkanes) is 1. The lowest BCUT2D eigenvalue weighted by Crippen LogP contribution is -1.81. The predicted octanol–water partition coefficient (Wildman–Crippen LogP) is 2.89. The molecule has 0 unspecified atom stereocenters. The van der Waals surface area contributed by atoms with Gasteiger partial charge in [-0.25, -0.2) is 0 Å². The summed E-state index contributed by atoms with van der Waals surface area (Å²) in [4.78, 5) is 11.5. The molecule has 1 rings (SSSR count). The summed E-state index contributed by atoms with van der Waals surface area (Å²) < 4.78 is 0. The van der Waals surface area contributed by atoms with Gasteiger partial charge < -0.3 is 0 Å². The molecule has 0 amide bonds. The predicted molar refractivity (Wildman–Crippen MR) is 57.4 cm³/mol. The Bertz CT molecular complexity index is 326. The van der Waals surface area contributed by atoms with Gasteiger partial charge in [-0.05, 0) is 24.3 Å². The van der Waals surface area contributed by atoms with Gasteiger partial charge in [-0.1, -0.05) is 12.1 Å². The summed E-state index contributed by atoms with van der Waals surface area (Å²) in [5.74, 6) is 0.952. The topological polar surface area (TPSA) is 40.9 Å². The molecule has 0 aliphatic carbocycles. The van der Waals surface area contributed by atoms with E-state index < -0.39 is 0 Å². The molecule has 0 atom stereocenters. The SMILES string of the molecule is N#CCCCSc1ccc(C=O)cc1. The highest BCUT2D eigenvalue weighted by Crippen LogP contribution is 2.19. The zero-order valence-corrected chi connectivity index (χ0v) is 8.59. The Morgan fingerprint density at radius 1 is 1.36 bits per heavy atom. The van der Waals surface area contributed by atoms with E-state index >= 15 is 0 Å². The zero-order chi connectivity index (χ0) is 10.2. The minimum atomic E-state index is 0.611. The number of rotatable bonds is 5. The van der Waals surface area contributed by atoms with Crippen molar-refractivity contribution in [2.24, 2.45) is 0 Å². The lowest BCUT2D eigenvalue weighted by atomic mass is 10.2. The molecule has 0 spiro atoms. The van der Waals surface area contributed by atoms with Gasteiger partial charge in [0.1, 0.15) is 6.29 Å². The summed E-state index contributed by atoms with van der Waals surface area (Å²) in [6.45, 7) is 0. The Balaban J connectivity index is 2.37. The van der Waals surface area contributed by atoms with Crippen molar-refractivity contribution < 1.29 is 4.79 Å². The summed E-state index contributed by atoms with van der Waals surface area (Å²) in [6, 6.07) is 9.59. The van der Waals surface area contributed by atoms with Crippen molar-refractivity contribution in [1.82, 2.24) is 0 Å². The molecule has 0 aliphatic heterocycles. The molecular formula is C11H11NOS. The van der Waals surface area contributed by atoms with Gasteiger partial charge in [0, 0.05) is 16.9 Å². The highest BCUT2D eigenvalue weighted by Gasteiger charge is 1.94. The molecular weight excluding hydrogens is 194 g/mol. The van der Waals surface area contributed by atoms with Gasteiger partial charge in [0.2, 0.25) is 0 Å². The van der Waals surface area contributed by atoms with Crippen LogP contribution in [-0.2, 0) is 0 Å². The third kappa shape index (κ3) is 3.63. The first-order valence-corrected chi connectivity index (χ1v) is 5.40. The van der Waals surface area contributed by atoms with Crippen LogP contribution in [0.2, 0.25) is 0 Å². The van der Waals surface area contributed by atoms with E-state index in [1.54, 1.807) is 23.9 Å². The number of carbonyl (C=O) groups excluding carboxylic acids is 1. The van der Waals surface area contributed by atoms with Gasteiger partial charge in [0.05, 0.1) is 6.07 Å². The normalized spacial score (nSPS) is 9.36. The first-order valence-electron chi connectivity index (χ1n) is 4.42. The summed E-state index contributed by atoms with van der Waals surface area (Å²) in [5.41, 5.74) is 0.700. The monoisotopic (exact) mass is 205 g/mol. The number of carbonyl (C=O) groups is 1. The van der Waals surface area contributed by atoms with Crippen LogP contribution in [0.3, 0.4) is 0 Å².